The van der Waals surface area contributed by atoms with E-state index in [0.717, 1.165) is 17.1 Å². The topological polar surface area (TPSA) is 37.4 Å². The highest BCUT2D eigenvalue weighted by Crippen LogP contribution is 2.27. The molecule has 6 heteroatoms. The Kier molecular flexibility index (Phi) is 4.18. The fourth-order valence-corrected chi connectivity index (χ4v) is 5.47. The number of thioether (sulfide) groups is 1. The van der Waals surface area contributed by atoms with Gasteiger partial charge in [0.25, 0.3) is 0 Å². The van der Waals surface area contributed by atoms with Crippen LogP contribution >= 0.6 is 27.7 Å². The Morgan fingerprint density at radius 1 is 1.29 bits per heavy atom. The van der Waals surface area contributed by atoms with E-state index in [1.807, 2.05) is 19.1 Å². The van der Waals surface area contributed by atoms with Gasteiger partial charge in [0.2, 0.25) is 10.0 Å². The Morgan fingerprint density at radius 2 is 1.94 bits per heavy atom. The molecular weight excluding hydrogens is 322 g/mol. The first-order valence-electron chi connectivity index (χ1n) is 5.36. The standard InChI is InChI=1S/C11H14BrNO2S2/c1-9-2-3-11(10(12)8-9)17(14,15)13-4-6-16-7-5-13/h2-3,8H,4-7H2,1H3. The van der Waals surface area contributed by atoms with Crippen LogP contribution in [0.1, 0.15) is 5.56 Å². The summed E-state index contributed by atoms with van der Waals surface area (Å²) >= 11 is 5.14. The van der Waals surface area contributed by atoms with Crippen LogP contribution in [0.25, 0.3) is 0 Å². The Hall–Kier alpha value is -0.0400. The van der Waals surface area contributed by atoms with Gasteiger partial charge in [0, 0.05) is 29.1 Å². The normalized spacial score (nSPS) is 18.2. The van der Waals surface area contributed by atoms with E-state index in [4.69, 9.17) is 0 Å². The van der Waals surface area contributed by atoms with Crippen LogP contribution in [0.4, 0.5) is 0 Å². The van der Waals surface area contributed by atoms with Crippen molar-refractivity contribution in [1.29, 1.82) is 0 Å². The predicted octanol–water partition coefficient (Wildman–Crippen LogP) is 2.50. The van der Waals surface area contributed by atoms with E-state index in [-0.39, 0.29) is 0 Å². The Labute approximate surface area is 115 Å². The van der Waals surface area contributed by atoms with Crippen molar-refractivity contribution >= 4 is 37.7 Å². The zero-order valence-corrected chi connectivity index (χ0v) is 12.7. The average Bonchev–Trinajstić information content (AvgIpc) is 2.29. The Morgan fingerprint density at radius 3 is 2.53 bits per heavy atom. The average molecular weight is 336 g/mol. The van der Waals surface area contributed by atoms with Gasteiger partial charge in [0.15, 0.2) is 0 Å². The van der Waals surface area contributed by atoms with Gasteiger partial charge in [-0.05, 0) is 40.5 Å². The van der Waals surface area contributed by atoms with Crippen LogP contribution in [0, 0.1) is 6.92 Å². The van der Waals surface area contributed by atoms with E-state index in [0.29, 0.717) is 22.5 Å². The van der Waals surface area contributed by atoms with Crippen LogP contribution in [-0.4, -0.2) is 37.3 Å². The lowest BCUT2D eigenvalue weighted by molar-refractivity contribution is 0.443. The molecule has 0 aromatic heterocycles. The van der Waals surface area contributed by atoms with E-state index in [1.165, 1.54) is 0 Å². The summed E-state index contributed by atoms with van der Waals surface area (Å²) in [5.41, 5.74) is 1.05. The number of aryl methyl sites for hydroxylation is 1. The molecule has 0 radical (unpaired) electrons. The molecule has 17 heavy (non-hydrogen) atoms. The summed E-state index contributed by atoms with van der Waals surface area (Å²) in [6.45, 7) is 3.15. The lowest BCUT2D eigenvalue weighted by Crippen LogP contribution is -2.38. The van der Waals surface area contributed by atoms with Gasteiger partial charge in [-0.15, -0.1) is 0 Å². The van der Waals surface area contributed by atoms with Crippen LogP contribution in [0.2, 0.25) is 0 Å². The monoisotopic (exact) mass is 335 g/mol. The minimum Gasteiger partial charge on any atom is -0.207 e. The highest BCUT2D eigenvalue weighted by molar-refractivity contribution is 9.10. The third kappa shape index (κ3) is 2.86. The summed E-state index contributed by atoms with van der Waals surface area (Å²) in [6.07, 6.45) is 0. The van der Waals surface area contributed by atoms with Crippen molar-refractivity contribution in [2.24, 2.45) is 0 Å². The van der Waals surface area contributed by atoms with Crippen molar-refractivity contribution in [2.75, 3.05) is 24.6 Å². The molecule has 0 aliphatic carbocycles. The molecule has 3 nitrogen and oxygen atoms in total. The first-order valence-corrected chi connectivity index (χ1v) is 8.74. The Balaban J connectivity index is 2.37. The number of hydrogen-bond acceptors (Lipinski definition) is 3. The molecule has 1 aliphatic rings. The number of halogens is 1. The van der Waals surface area contributed by atoms with Crippen molar-refractivity contribution in [1.82, 2.24) is 4.31 Å². The fourth-order valence-electron chi connectivity index (χ4n) is 1.74. The Bertz CT molecular complexity index is 510. The van der Waals surface area contributed by atoms with Crippen molar-refractivity contribution in [3.8, 4) is 0 Å². The van der Waals surface area contributed by atoms with Gasteiger partial charge < -0.3 is 0 Å². The van der Waals surface area contributed by atoms with Gasteiger partial charge in [-0.3, -0.25) is 0 Å². The highest BCUT2D eigenvalue weighted by atomic mass is 79.9. The van der Waals surface area contributed by atoms with Crippen molar-refractivity contribution in [3.63, 3.8) is 0 Å². The number of sulfonamides is 1. The summed E-state index contributed by atoms with van der Waals surface area (Å²) in [5.74, 6) is 1.76. The van der Waals surface area contributed by atoms with E-state index in [9.17, 15) is 8.42 Å². The molecule has 1 heterocycles. The zero-order valence-electron chi connectivity index (χ0n) is 9.52. The molecule has 1 fully saturated rings. The second-order valence-corrected chi connectivity index (χ2v) is 7.94. The SMILES string of the molecule is Cc1ccc(S(=O)(=O)N2CCSCC2)c(Br)c1. The van der Waals surface area contributed by atoms with Crippen LogP contribution in [0.5, 0.6) is 0 Å². The number of rotatable bonds is 2. The van der Waals surface area contributed by atoms with Gasteiger partial charge in [-0.2, -0.15) is 16.1 Å². The van der Waals surface area contributed by atoms with Gasteiger partial charge in [-0.1, -0.05) is 6.07 Å². The molecule has 0 amide bonds. The molecule has 0 bridgehead atoms. The van der Waals surface area contributed by atoms with Crippen LogP contribution in [-0.2, 0) is 10.0 Å². The second-order valence-electron chi connectivity index (χ2n) is 3.95. The van der Waals surface area contributed by atoms with Gasteiger partial charge in [0.05, 0.1) is 4.90 Å². The molecule has 1 saturated heterocycles. The van der Waals surface area contributed by atoms with E-state index in [1.54, 1.807) is 22.1 Å². The summed E-state index contributed by atoms with van der Waals surface area (Å²) in [7, 11) is -3.34. The van der Waals surface area contributed by atoms with Crippen LogP contribution in [0.15, 0.2) is 27.6 Å². The minimum atomic E-state index is -3.34. The lowest BCUT2D eigenvalue weighted by atomic mass is 10.2. The number of nitrogens with zero attached hydrogens (tertiary/aromatic N) is 1. The van der Waals surface area contributed by atoms with E-state index < -0.39 is 10.0 Å². The molecular formula is C11H14BrNO2S2. The molecule has 0 unspecified atom stereocenters. The molecule has 2 rings (SSSR count). The maximum absolute atomic E-state index is 12.4. The van der Waals surface area contributed by atoms with Crippen molar-refractivity contribution in [2.45, 2.75) is 11.8 Å². The molecule has 94 valence electrons. The van der Waals surface area contributed by atoms with Crippen molar-refractivity contribution < 1.29 is 8.42 Å². The molecule has 1 aromatic carbocycles. The van der Waals surface area contributed by atoms with Gasteiger partial charge in [0.1, 0.15) is 0 Å². The second kappa shape index (κ2) is 5.30. The first kappa shape index (κ1) is 13.4. The summed E-state index contributed by atoms with van der Waals surface area (Å²) in [6, 6.07) is 5.35. The van der Waals surface area contributed by atoms with E-state index in [2.05, 4.69) is 15.9 Å². The van der Waals surface area contributed by atoms with Crippen LogP contribution < -0.4 is 0 Å². The van der Waals surface area contributed by atoms with E-state index >= 15 is 0 Å². The lowest BCUT2D eigenvalue weighted by Gasteiger charge is -2.26. The first-order chi connectivity index (χ1) is 8.01. The molecule has 0 N–H and O–H groups in total. The maximum atomic E-state index is 12.4. The summed E-state index contributed by atoms with van der Waals surface area (Å²) < 4.78 is 27.0. The molecule has 0 spiro atoms. The maximum Gasteiger partial charge on any atom is 0.244 e. The largest absolute Gasteiger partial charge is 0.244 e. The smallest absolute Gasteiger partial charge is 0.207 e. The third-order valence-electron chi connectivity index (χ3n) is 2.68. The number of hydrogen-bond donors (Lipinski definition) is 0. The molecule has 1 aromatic rings. The highest BCUT2D eigenvalue weighted by Gasteiger charge is 2.27. The minimum absolute atomic E-state index is 0.370. The predicted molar refractivity (Wildman–Crippen MR) is 75.0 cm³/mol. The van der Waals surface area contributed by atoms with Gasteiger partial charge >= 0.3 is 0 Å². The molecule has 1 aliphatic heterocycles. The molecule has 0 atom stereocenters. The molecule has 0 saturated carbocycles. The summed E-state index contributed by atoms with van der Waals surface area (Å²) in [4.78, 5) is 0.370. The van der Waals surface area contributed by atoms with Crippen LogP contribution in [0.3, 0.4) is 0 Å². The zero-order chi connectivity index (χ0) is 12.5. The summed E-state index contributed by atoms with van der Waals surface area (Å²) in [5, 5.41) is 0. The number of benzene rings is 1. The van der Waals surface area contributed by atoms with Gasteiger partial charge in [-0.25, -0.2) is 8.42 Å². The fraction of sp³-hybridized carbons (Fsp3) is 0.455. The quantitative estimate of drug-likeness (QED) is 0.833. The van der Waals surface area contributed by atoms with Crippen molar-refractivity contribution in [3.05, 3.63) is 28.2 Å². The third-order valence-corrected chi connectivity index (χ3v) is 6.49.